The van der Waals surface area contributed by atoms with Crippen LogP contribution >= 0.6 is 11.3 Å². The summed E-state index contributed by atoms with van der Waals surface area (Å²) in [5.41, 5.74) is 10.8. The third-order valence-corrected chi connectivity index (χ3v) is 3.54. The van der Waals surface area contributed by atoms with E-state index in [2.05, 4.69) is 10.3 Å². The number of anilines is 1. The smallest absolute Gasteiger partial charge is 0.251 e. The highest BCUT2D eigenvalue weighted by Crippen LogP contribution is 2.18. The van der Waals surface area contributed by atoms with Crippen LogP contribution in [0.1, 0.15) is 26.4 Å². The molecule has 0 saturated heterocycles. The maximum Gasteiger partial charge on any atom is 0.251 e. The van der Waals surface area contributed by atoms with Crippen molar-refractivity contribution < 1.29 is 4.79 Å². The van der Waals surface area contributed by atoms with Gasteiger partial charge in [-0.15, -0.1) is 11.3 Å². The van der Waals surface area contributed by atoms with E-state index in [9.17, 15) is 4.79 Å². The molecule has 0 radical (unpaired) electrons. The quantitative estimate of drug-likeness (QED) is 0.833. The Kier molecular flexibility index (Phi) is 3.62. The Morgan fingerprint density at radius 1 is 1.39 bits per heavy atom. The first-order chi connectivity index (χ1) is 8.58. The van der Waals surface area contributed by atoms with Crippen LogP contribution in [0, 0.1) is 13.8 Å². The third-order valence-electron chi connectivity index (χ3n) is 2.76. The van der Waals surface area contributed by atoms with Crippen molar-refractivity contribution in [2.45, 2.75) is 20.4 Å². The number of rotatable bonds is 3. The van der Waals surface area contributed by atoms with E-state index in [4.69, 9.17) is 5.73 Å². The van der Waals surface area contributed by atoms with Crippen LogP contribution in [0.2, 0.25) is 0 Å². The SMILES string of the molecule is Cc1cc(C)c(C(=O)NCc2cncs2)cc1N. The number of benzene rings is 1. The molecule has 1 aromatic carbocycles. The minimum Gasteiger partial charge on any atom is -0.398 e. The average Bonchev–Trinajstić information content (AvgIpc) is 2.84. The summed E-state index contributed by atoms with van der Waals surface area (Å²) in [6.45, 7) is 4.34. The molecule has 0 atom stereocenters. The van der Waals surface area contributed by atoms with Gasteiger partial charge in [0.25, 0.3) is 5.91 Å². The summed E-state index contributed by atoms with van der Waals surface area (Å²) < 4.78 is 0. The summed E-state index contributed by atoms with van der Waals surface area (Å²) in [6, 6.07) is 3.66. The van der Waals surface area contributed by atoms with Crippen molar-refractivity contribution >= 4 is 22.9 Å². The second kappa shape index (κ2) is 5.18. The van der Waals surface area contributed by atoms with E-state index in [-0.39, 0.29) is 5.91 Å². The number of nitrogens with two attached hydrogens (primary N) is 1. The zero-order valence-electron chi connectivity index (χ0n) is 10.4. The van der Waals surface area contributed by atoms with Gasteiger partial charge in [-0.25, -0.2) is 0 Å². The first-order valence-electron chi connectivity index (χ1n) is 5.60. The van der Waals surface area contributed by atoms with Crippen LogP contribution in [-0.4, -0.2) is 10.9 Å². The number of amides is 1. The lowest BCUT2D eigenvalue weighted by molar-refractivity contribution is 0.0950. The van der Waals surface area contributed by atoms with E-state index >= 15 is 0 Å². The molecule has 0 unspecified atom stereocenters. The van der Waals surface area contributed by atoms with Crippen molar-refractivity contribution in [1.29, 1.82) is 0 Å². The maximum atomic E-state index is 12.0. The van der Waals surface area contributed by atoms with E-state index in [1.165, 1.54) is 11.3 Å². The highest BCUT2D eigenvalue weighted by molar-refractivity contribution is 7.09. The number of nitrogens with zero attached hydrogens (tertiary/aromatic N) is 1. The van der Waals surface area contributed by atoms with E-state index in [0.29, 0.717) is 17.8 Å². The topological polar surface area (TPSA) is 68.0 Å². The summed E-state index contributed by atoms with van der Waals surface area (Å²) in [7, 11) is 0. The van der Waals surface area contributed by atoms with Crippen molar-refractivity contribution in [3.8, 4) is 0 Å². The van der Waals surface area contributed by atoms with Gasteiger partial charge in [0, 0.05) is 22.3 Å². The number of carbonyl (C=O) groups excluding carboxylic acids is 1. The second-order valence-electron chi connectivity index (χ2n) is 4.17. The Bertz CT molecular complexity index is 564. The molecule has 0 spiro atoms. The molecule has 2 rings (SSSR count). The van der Waals surface area contributed by atoms with Crippen LogP contribution in [-0.2, 0) is 6.54 Å². The van der Waals surface area contributed by atoms with Gasteiger partial charge < -0.3 is 11.1 Å². The molecule has 5 heteroatoms. The Hall–Kier alpha value is -1.88. The van der Waals surface area contributed by atoms with Crippen LogP contribution < -0.4 is 11.1 Å². The molecule has 18 heavy (non-hydrogen) atoms. The molecule has 0 aliphatic rings. The van der Waals surface area contributed by atoms with Crippen LogP contribution in [0.3, 0.4) is 0 Å². The molecule has 0 aliphatic carbocycles. The standard InChI is InChI=1S/C13H15N3OS/c1-8-3-9(2)12(14)4-11(8)13(17)16-6-10-5-15-7-18-10/h3-5,7H,6,14H2,1-2H3,(H,16,17). The van der Waals surface area contributed by atoms with Crippen LogP contribution in [0.4, 0.5) is 5.69 Å². The van der Waals surface area contributed by atoms with Gasteiger partial charge in [0.15, 0.2) is 0 Å². The van der Waals surface area contributed by atoms with E-state index in [1.807, 2.05) is 19.9 Å². The second-order valence-corrected chi connectivity index (χ2v) is 5.15. The number of nitrogens with one attached hydrogen (secondary N) is 1. The highest BCUT2D eigenvalue weighted by Gasteiger charge is 2.10. The lowest BCUT2D eigenvalue weighted by Gasteiger charge is -2.09. The molecule has 0 fully saturated rings. The van der Waals surface area contributed by atoms with Gasteiger partial charge in [0.1, 0.15) is 0 Å². The summed E-state index contributed by atoms with van der Waals surface area (Å²) >= 11 is 1.52. The number of carbonyl (C=O) groups is 1. The zero-order chi connectivity index (χ0) is 13.1. The van der Waals surface area contributed by atoms with Gasteiger partial charge >= 0.3 is 0 Å². The van der Waals surface area contributed by atoms with Gasteiger partial charge in [0.2, 0.25) is 0 Å². The number of aromatic nitrogens is 1. The first-order valence-corrected chi connectivity index (χ1v) is 6.48. The number of hydrogen-bond acceptors (Lipinski definition) is 4. The normalized spacial score (nSPS) is 10.3. The van der Waals surface area contributed by atoms with Crippen LogP contribution in [0.15, 0.2) is 23.8 Å². The molecule has 3 N–H and O–H groups in total. The fourth-order valence-corrected chi connectivity index (χ4v) is 2.24. The molecule has 0 bridgehead atoms. The van der Waals surface area contributed by atoms with Crippen molar-refractivity contribution in [1.82, 2.24) is 10.3 Å². The van der Waals surface area contributed by atoms with Crippen LogP contribution in [0.5, 0.6) is 0 Å². The molecule has 2 aromatic rings. The molecular formula is C13H15N3OS. The Labute approximate surface area is 110 Å². The van der Waals surface area contributed by atoms with Gasteiger partial charge in [-0.2, -0.15) is 0 Å². The Balaban J connectivity index is 2.11. The highest BCUT2D eigenvalue weighted by atomic mass is 32.1. The minimum absolute atomic E-state index is 0.104. The van der Waals surface area contributed by atoms with Crippen molar-refractivity contribution in [2.24, 2.45) is 0 Å². The molecule has 1 heterocycles. The molecular weight excluding hydrogens is 246 g/mol. The van der Waals surface area contributed by atoms with Crippen LogP contribution in [0.25, 0.3) is 0 Å². The van der Waals surface area contributed by atoms with Crippen molar-refractivity contribution in [3.63, 3.8) is 0 Å². The summed E-state index contributed by atoms with van der Waals surface area (Å²) in [5.74, 6) is -0.104. The lowest BCUT2D eigenvalue weighted by Crippen LogP contribution is -2.23. The first kappa shape index (κ1) is 12.6. The molecule has 0 aliphatic heterocycles. The summed E-state index contributed by atoms with van der Waals surface area (Å²) in [4.78, 5) is 17.0. The maximum absolute atomic E-state index is 12.0. The fourth-order valence-electron chi connectivity index (χ4n) is 1.71. The average molecular weight is 261 g/mol. The minimum atomic E-state index is -0.104. The van der Waals surface area contributed by atoms with Crippen molar-refractivity contribution in [2.75, 3.05) is 5.73 Å². The number of hydrogen-bond donors (Lipinski definition) is 2. The zero-order valence-corrected chi connectivity index (χ0v) is 11.2. The van der Waals surface area contributed by atoms with Gasteiger partial charge in [-0.05, 0) is 31.0 Å². The number of thiazole rings is 1. The van der Waals surface area contributed by atoms with Gasteiger partial charge in [-0.1, -0.05) is 6.07 Å². The molecule has 1 aromatic heterocycles. The molecule has 1 amide bonds. The lowest BCUT2D eigenvalue weighted by atomic mass is 10.0. The molecule has 4 nitrogen and oxygen atoms in total. The van der Waals surface area contributed by atoms with Gasteiger partial charge in [0.05, 0.1) is 12.1 Å². The monoisotopic (exact) mass is 261 g/mol. The Morgan fingerprint density at radius 2 is 2.17 bits per heavy atom. The third kappa shape index (κ3) is 2.68. The molecule has 94 valence electrons. The van der Waals surface area contributed by atoms with E-state index in [0.717, 1.165) is 16.0 Å². The largest absolute Gasteiger partial charge is 0.398 e. The van der Waals surface area contributed by atoms with E-state index in [1.54, 1.807) is 17.8 Å². The summed E-state index contributed by atoms with van der Waals surface area (Å²) in [5, 5.41) is 2.86. The predicted molar refractivity (Wildman–Crippen MR) is 73.6 cm³/mol. The number of nitrogen functional groups attached to an aromatic ring is 1. The number of aryl methyl sites for hydroxylation is 2. The fraction of sp³-hybridized carbons (Fsp3) is 0.231. The predicted octanol–water partition coefficient (Wildman–Crippen LogP) is 2.27. The van der Waals surface area contributed by atoms with Gasteiger partial charge in [-0.3, -0.25) is 9.78 Å². The van der Waals surface area contributed by atoms with E-state index < -0.39 is 0 Å². The van der Waals surface area contributed by atoms with Crippen molar-refractivity contribution in [3.05, 3.63) is 45.4 Å². The summed E-state index contributed by atoms with van der Waals surface area (Å²) in [6.07, 6.45) is 1.75. The molecule has 0 saturated carbocycles. The Morgan fingerprint density at radius 3 is 2.83 bits per heavy atom.